The average molecular weight is 462 g/mol. The van der Waals surface area contributed by atoms with Crippen LogP contribution in [0.15, 0.2) is 53.6 Å². The van der Waals surface area contributed by atoms with Crippen molar-refractivity contribution in [3.8, 4) is 5.75 Å². The summed E-state index contributed by atoms with van der Waals surface area (Å²) in [7, 11) is -2.58. The monoisotopic (exact) mass is 461 g/mol. The van der Waals surface area contributed by atoms with Gasteiger partial charge in [-0.2, -0.15) is 13.5 Å². The number of rotatable bonds is 5. The SMILES string of the molecule is COC(=O)C(=O)N/N=C(/c1ccc(Cl)cc1)c1ccc(OS(C)(=O)=O)cc1.[V]. The van der Waals surface area contributed by atoms with E-state index in [1.165, 1.54) is 12.1 Å². The quantitative estimate of drug-likeness (QED) is 0.239. The molecule has 0 atom stereocenters. The first kappa shape index (κ1) is 23.7. The second kappa shape index (κ2) is 10.3. The molecular formula is C17H15ClN2O6SV. The molecule has 1 radical (unpaired) electrons. The fraction of sp³-hybridized carbons (Fsp3) is 0.118. The number of hydrazone groups is 1. The van der Waals surface area contributed by atoms with E-state index in [4.69, 9.17) is 15.8 Å². The molecule has 0 saturated carbocycles. The minimum absolute atomic E-state index is 0. The maximum absolute atomic E-state index is 11.6. The Morgan fingerprint density at radius 3 is 1.96 bits per heavy atom. The van der Waals surface area contributed by atoms with Crippen LogP contribution in [0, 0.1) is 0 Å². The van der Waals surface area contributed by atoms with E-state index in [1.807, 2.05) is 0 Å². The van der Waals surface area contributed by atoms with Crippen LogP contribution in [0.5, 0.6) is 5.75 Å². The molecule has 0 aliphatic rings. The molecular weight excluding hydrogens is 447 g/mol. The van der Waals surface area contributed by atoms with E-state index in [-0.39, 0.29) is 24.3 Å². The Balaban J connectivity index is 0.00000392. The van der Waals surface area contributed by atoms with Gasteiger partial charge in [0.25, 0.3) is 0 Å². The van der Waals surface area contributed by atoms with Crippen molar-refractivity contribution < 1.29 is 45.5 Å². The number of nitrogens with one attached hydrogen (secondary N) is 1. The van der Waals surface area contributed by atoms with E-state index in [0.717, 1.165) is 13.4 Å². The van der Waals surface area contributed by atoms with Crippen LogP contribution in [0.3, 0.4) is 0 Å². The number of methoxy groups -OCH3 is 1. The van der Waals surface area contributed by atoms with E-state index in [9.17, 15) is 18.0 Å². The number of carbonyl (C=O) groups is 2. The topological polar surface area (TPSA) is 111 Å². The van der Waals surface area contributed by atoms with E-state index in [1.54, 1.807) is 36.4 Å². The van der Waals surface area contributed by atoms with Gasteiger partial charge in [-0.3, -0.25) is 4.79 Å². The standard InChI is InChI=1S/C17H15ClN2O6S.V/c1-25-17(22)16(21)20-19-15(11-3-7-13(18)8-4-11)12-5-9-14(10-6-12)26-27(2,23)24;/h3-10H,1-2H3,(H,20,21);/b19-15-;. The molecule has 0 bridgehead atoms. The van der Waals surface area contributed by atoms with Gasteiger partial charge in [0.2, 0.25) is 0 Å². The first-order valence-electron chi connectivity index (χ1n) is 7.41. The number of benzene rings is 2. The predicted octanol–water partition coefficient (Wildman–Crippen LogP) is 1.72. The van der Waals surface area contributed by atoms with Crippen LogP contribution in [0.1, 0.15) is 11.1 Å². The number of carbonyl (C=O) groups excluding carboxylic acids is 2. The zero-order valence-corrected chi connectivity index (χ0v) is 17.7. The molecule has 8 nitrogen and oxygen atoms in total. The minimum Gasteiger partial charge on any atom is -0.462 e. The van der Waals surface area contributed by atoms with Crippen molar-refractivity contribution in [3.05, 3.63) is 64.7 Å². The zero-order valence-electron chi connectivity index (χ0n) is 14.7. The summed E-state index contributed by atoms with van der Waals surface area (Å²) < 4.78 is 31.5. The molecule has 147 valence electrons. The first-order valence-corrected chi connectivity index (χ1v) is 9.61. The fourth-order valence-electron chi connectivity index (χ4n) is 1.99. The van der Waals surface area contributed by atoms with Gasteiger partial charge in [-0.05, 0) is 36.4 Å². The van der Waals surface area contributed by atoms with Crippen molar-refractivity contribution in [2.24, 2.45) is 5.10 Å². The van der Waals surface area contributed by atoms with E-state index >= 15 is 0 Å². The Labute approximate surface area is 178 Å². The largest absolute Gasteiger partial charge is 0.462 e. The summed E-state index contributed by atoms with van der Waals surface area (Å²) in [5.41, 5.74) is 3.56. The number of esters is 1. The van der Waals surface area contributed by atoms with E-state index in [2.05, 4.69) is 15.3 Å². The number of nitrogens with zero attached hydrogens (tertiary/aromatic N) is 1. The summed E-state index contributed by atoms with van der Waals surface area (Å²) in [5.74, 6) is -2.01. The van der Waals surface area contributed by atoms with Crippen molar-refractivity contribution in [2.75, 3.05) is 13.4 Å². The Morgan fingerprint density at radius 1 is 1.00 bits per heavy atom. The Bertz CT molecular complexity index is 976. The second-order valence-electron chi connectivity index (χ2n) is 5.21. The van der Waals surface area contributed by atoms with Crippen LogP contribution in [0.2, 0.25) is 5.02 Å². The smallest absolute Gasteiger partial charge is 0.398 e. The van der Waals surface area contributed by atoms with Gasteiger partial charge < -0.3 is 8.92 Å². The number of amides is 1. The third-order valence-electron chi connectivity index (χ3n) is 3.13. The van der Waals surface area contributed by atoms with Crippen LogP contribution in [0.25, 0.3) is 0 Å². The van der Waals surface area contributed by atoms with Crippen LogP contribution < -0.4 is 9.61 Å². The molecule has 0 aliphatic heterocycles. The minimum atomic E-state index is -3.65. The molecule has 0 aliphatic carbocycles. The molecule has 0 spiro atoms. The summed E-state index contributed by atoms with van der Waals surface area (Å²) in [6.07, 6.45) is 0.934. The summed E-state index contributed by atoms with van der Waals surface area (Å²) in [5, 5.41) is 4.49. The van der Waals surface area contributed by atoms with Gasteiger partial charge in [0, 0.05) is 34.7 Å². The van der Waals surface area contributed by atoms with Gasteiger partial charge >= 0.3 is 22.0 Å². The second-order valence-corrected chi connectivity index (χ2v) is 7.22. The molecule has 2 aromatic rings. The van der Waals surface area contributed by atoms with Crippen molar-refractivity contribution in [2.45, 2.75) is 0 Å². The number of hydrogen-bond acceptors (Lipinski definition) is 7. The van der Waals surface area contributed by atoms with Crippen LogP contribution in [-0.4, -0.2) is 39.4 Å². The van der Waals surface area contributed by atoms with Crippen LogP contribution >= 0.6 is 11.6 Å². The average Bonchev–Trinajstić information content (AvgIpc) is 2.62. The van der Waals surface area contributed by atoms with Gasteiger partial charge in [-0.1, -0.05) is 23.7 Å². The van der Waals surface area contributed by atoms with E-state index < -0.39 is 22.0 Å². The molecule has 1 amide bonds. The van der Waals surface area contributed by atoms with Gasteiger partial charge in [-0.15, -0.1) is 0 Å². The molecule has 28 heavy (non-hydrogen) atoms. The third kappa shape index (κ3) is 7.01. The van der Waals surface area contributed by atoms with Crippen LogP contribution in [-0.2, 0) is 43.0 Å². The number of halogens is 1. The molecule has 0 saturated heterocycles. The number of ether oxygens (including phenoxy) is 1. The Kier molecular flexibility index (Phi) is 8.71. The molecule has 2 aromatic carbocycles. The molecule has 11 heteroatoms. The molecule has 0 aromatic heterocycles. The maximum Gasteiger partial charge on any atom is 0.398 e. The summed E-state index contributed by atoms with van der Waals surface area (Å²) in [6, 6.07) is 12.6. The first-order chi connectivity index (χ1) is 12.7. The molecule has 0 fully saturated rings. The Hall–Kier alpha value is -2.33. The molecule has 2 rings (SSSR count). The predicted molar refractivity (Wildman–Crippen MR) is 99.2 cm³/mol. The summed E-state index contributed by atoms with van der Waals surface area (Å²) in [6.45, 7) is 0. The van der Waals surface area contributed by atoms with E-state index in [0.29, 0.717) is 21.9 Å². The normalized spacial score (nSPS) is 11.2. The molecule has 0 unspecified atom stereocenters. The third-order valence-corrected chi connectivity index (χ3v) is 3.88. The van der Waals surface area contributed by atoms with Crippen molar-refractivity contribution in [1.82, 2.24) is 5.43 Å². The van der Waals surface area contributed by atoms with Gasteiger partial charge in [0.05, 0.1) is 19.1 Å². The molecule has 1 N–H and O–H groups in total. The van der Waals surface area contributed by atoms with Gasteiger partial charge in [-0.25, -0.2) is 10.2 Å². The Morgan fingerprint density at radius 2 is 1.50 bits per heavy atom. The molecule has 0 heterocycles. The summed E-state index contributed by atoms with van der Waals surface area (Å²) >= 11 is 5.89. The van der Waals surface area contributed by atoms with Crippen molar-refractivity contribution in [1.29, 1.82) is 0 Å². The van der Waals surface area contributed by atoms with Gasteiger partial charge in [0.1, 0.15) is 5.75 Å². The maximum atomic E-state index is 11.6. The zero-order chi connectivity index (χ0) is 20.0. The van der Waals surface area contributed by atoms with Crippen molar-refractivity contribution >= 4 is 39.3 Å². The fourth-order valence-corrected chi connectivity index (χ4v) is 2.58. The summed E-state index contributed by atoms with van der Waals surface area (Å²) in [4.78, 5) is 22.8. The van der Waals surface area contributed by atoms with Crippen molar-refractivity contribution in [3.63, 3.8) is 0 Å². The van der Waals surface area contributed by atoms with Gasteiger partial charge in [0.15, 0.2) is 0 Å². The van der Waals surface area contributed by atoms with Crippen LogP contribution in [0.4, 0.5) is 0 Å². The number of hydrogen-bond donors (Lipinski definition) is 1.